The predicted molar refractivity (Wildman–Crippen MR) is 223 cm³/mol. The van der Waals surface area contributed by atoms with Gasteiger partial charge in [-0.15, -0.1) is 22.7 Å². The van der Waals surface area contributed by atoms with Crippen molar-refractivity contribution in [1.82, 2.24) is 4.98 Å². The molecule has 0 fully saturated rings. The van der Waals surface area contributed by atoms with Crippen LogP contribution in [-0.4, -0.2) is 4.98 Å². The molecular formula is C47H36N2S2. The molecule has 0 saturated heterocycles. The third-order valence-corrected chi connectivity index (χ3v) is 12.5. The van der Waals surface area contributed by atoms with Gasteiger partial charge in [-0.2, -0.15) is 0 Å². The van der Waals surface area contributed by atoms with Gasteiger partial charge in [0.15, 0.2) is 0 Å². The molecule has 0 bridgehead atoms. The van der Waals surface area contributed by atoms with Crippen LogP contribution in [0.3, 0.4) is 0 Å². The second-order valence-corrected chi connectivity index (χ2v) is 15.7. The Hall–Kier alpha value is -5.55. The molecular weight excluding hydrogens is 657 g/mol. The molecule has 51 heavy (non-hydrogen) atoms. The van der Waals surface area contributed by atoms with Gasteiger partial charge in [0.05, 0.1) is 10.2 Å². The summed E-state index contributed by atoms with van der Waals surface area (Å²) in [5.74, 6) is 0. The first-order valence-electron chi connectivity index (χ1n) is 17.4. The Kier molecular flexibility index (Phi) is 7.61. The van der Waals surface area contributed by atoms with Gasteiger partial charge in [-0.25, -0.2) is 4.98 Å². The van der Waals surface area contributed by atoms with E-state index in [0.29, 0.717) is 0 Å². The van der Waals surface area contributed by atoms with Crippen LogP contribution < -0.4 is 4.90 Å². The molecule has 246 valence electrons. The molecule has 0 atom stereocenters. The fraction of sp³-hybridized carbons (Fsp3) is 0.0851. The summed E-state index contributed by atoms with van der Waals surface area (Å²) in [5.41, 5.74) is 13.0. The molecule has 0 saturated carbocycles. The normalized spacial score (nSPS) is 15.3. The smallest absolute Gasteiger partial charge is 0.124 e. The Balaban J connectivity index is 1.17. The number of hydrogen-bond donors (Lipinski definition) is 0. The molecule has 2 heterocycles. The van der Waals surface area contributed by atoms with Gasteiger partial charge >= 0.3 is 0 Å². The van der Waals surface area contributed by atoms with E-state index in [1.54, 1.807) is 11.3 Å². The van der Waals surface area contributed by atoms with Gasteiger partial charge in [0.2, 0.25) is 0 Å². The van der Waals surface area contributed by atoms with Crippen LogP contribution in [0, 0.1) is 0 Å². The van der Waals surface area contributed by atoms with Crippen LogP contribution in [0.4, 0.5) is 17.1 Å². The number of anilines is 3. The lowest BCUT2D eigenvalue weighted by molar-refractivity contribution is 0.661. The second-order valence-electron chi connectivity index (χ2n) is 13.6. The van der Waals surface area contributed by atoms with E-state index in [9.17, 15) is 0 Å². The van der Waals surface area contributed by atoms with E-state index >= 15 is 0 Å². The van der Waals surface area contributed by atoms with Crippen molar-refractivity contribution in [1.29, 1.82) is 0 Å². The molecule has 0 radical (unpaired) electrons. The average molecular weight is 693 g/mol. The van der Waals surface area contributed by atoms with E-state index in [0.717, 1.165) is 37.8 Å². The molecule has 2 aromatic heterocycles. The topological polar surface area (TPSA) is 16.1 Å². The van der Waals surface area contributed by atoms with Gasteiger partial charge in [-0.05, 0) is 88.9 Å². The summed E-state index contributed by atoms with van der Waals surface area (Å²) in [7, 11) is 0. The number of hydrogen-bond acceptors (Lipinski definition) is 4. The van der Waals surface area contributed by atoms with Gasteiger partial charge in [-0.3, -0.25) is 0 Å². The lowest BCUT2D eigenvalue weighted by Crippen LogP contribution is -2.16. The van der Waals surface area contributed by atoms with E-state index in [-0.39, 0.29) is 5.41 Å². The van der Waals surface area contributed by atoms with Crippen molar-refractivity contribution in [3.63, 3.8) is 0 Å². The van der Waals surface area contributed by atoms with Crippen molar-refractivity contribution in [2.24, 2.45) is 0 Å². The molecule has 6 aromatic carbocycles. The molecule has 1 aliphatic carbocycles. The molecule has 0 N–H and O–H groups in total. The highest BCUT2D eigenvalue weighted by Crippen LogP contribution is 2.52. The summed E-state index contributed by atoms with van der Waals surface area (Å²) >= 11 is 3.60. The van der Waals surface area contributed by atoms with Crippen LogP contribution in [0.25, 0.3) is 57.7 Å². The number of fused-ring (bicyclic) bond motifs is 5. The first-order chi connectivity index (χ1) is 24.9. The van der Waals surface area contributed by atoms with Crippen molar-refractivity contribution < 1.29 is 0 Å². The number of aromatic nitrogens is 1. The average Bonchev–Trinajstić information content (AvgIpc) is 3.82. The minimum absolute atomic E-state index is 0.158. The van der Waals surface area contributed by atoms with Crippen LogP contribution >= 0.6 is 22.7 Å². The minimum atomic E-state index is -0.158. The van der Waals surface area contributed by atoms with E-state index in [4.69, 9.17) is 4.98 Å². The minimum Gasteiger partial charge on any atom is -0.310 e. The molecule has 1 aliphatic rings. The number of nitrogens with zero attached hydrogens (tertiary/aromatic N) is 2. The third-order valence-electron chi connectivity index (χ3n) is 10.3. The molecule has 0 aliphatic heterocycles. The van der Waals surface area contributed by atoms with Crippen LogP contribution in [0.5, 0.6) is 0 Å². The highest BCUT2D eigenvalue weighted by atomic mass is 32.1. The zero-order valence-electron chi connectivity index (χ0n) is 28.9. The first-order valence-corrected chi connectivity index (χ1v) is 19.0. The maximum Gasteiger partial charge on any atom is 0.124 e. The van der Waals surface area contributed by atoms with E-state index in [1.165, 1.54) is 53.6 Å². The third kappa shape index (κ3) is 5.26. The molecule has 0 unspecified atom stereocenters. The first kappa shape index (κ1) is 31.4. The summed E-state index contributed by atoms with van der Waals surface area (Å²) in [6.45, 7) is 10.8. The monoisotopic (exact) mass is 692 g/mol. The fourth-order valence-corrected chi connectivity index (χ4v) is 9.83. The number of benzene rings is 6. The maximum absolute atomic E-state index is 5.09. The lowest BCUT2D eigenvalue weighted by atomic mass is 9.82. The van der Waals surface area contributed by atoms with Gasteiger partial charge in [0.25, 0.3) is 0 Å². The van der Waals surface area contributed by atoms with Gasteiger partial charge in [-0.1, -0.05) is 124 Å². The van der Waals surface area contributed by atoms with Crippen molar-refractivity contribution >= 4 is 75.7 Å². The van der Waals surface area contributed by atoms with E-state index in [2.05, 4.69) is 178 Å². The summed E-state index contributed by atoms with van der Waals surface area (Å²) in [6, 6.07) is 48.6. The Bertz CT molecular complexity index is 2690. The van der Waals surface area contributed by atoms with E-state index < -0.39 is 0 Å². The van der Waals surface area contributed by atoms with Crippen LogP contribution in [0.15, 0.2) is 164 Å². The van der Waals surface area contributed by atoms with Gasteiger partial charge in [0.1, 0.15) is 5.01 Å². The Morgan fingerprint density at radius 3 is 2.06 bits per heavy atom. The molecule has 8 aromatic rings. The summed E-state index contributed by atoms with van der Waals surface area (Å²) in [5, 5.41) is 3.64. The van der Waals surface area contributed by atoms with Crippen molar-refractivity contribution in [3.05, 3.63) is 175 Å². The van der Waals surface area contributed by atoms with Gasteiger partial charge in [0, 0.05) is 48.2 Å². The summed E-state index contributed by atoms with van der Waals surface area (Å²) in [6.07, 6.45) is 6.32. The van der Waals surface area contributed by atoms with Crippen molar-refractivity contribution in [3.8, 4) is 21.7 Å². The number of allylic oxidation sites excluding steroid dienone is 5. The predicted octanol–water partition coefficient (Wildman–Crippen LogP) is 14.3. The number of rotatable bonds is 6. The molecule has 0 amide bonds. The summed E-state index contributed by atoms with van der Waals surface area (Å²) < 4.78 is 3.76. The van der Waals surface area contributed by atoms with Crippen LogP contribution in [-0.2, 0) is 5.41 Å². The number of thiazole rings is 1. The lowest BCUT2D eigenvalue weighted by Gasteiger charge is -2.28. The quantitative estimate of drug-likeness (QED) is 0.172. The molecule has 9 rings (SSSR count). The molecule has 0 spiro atoms. The largest absolute Gasteiger partial charge is 0.310 e. The SMILES string of the molecule is C=CC=C1/C(=C\C)c2ccc(N(c3ccc4nc(-c5ccc(-c6ccccc6)cc5)sc4c3)c3ccc4c(c3)sc3ccccc34)cc2C1(C)C. The zero-order chi connectivity index (χ0) is 34.7. The van der Waals surface area contributed by atoms with E-state index in [1.807, 2.05) is 17.4 Å². The number of thiophene rings is 1. The highest BCUT2D eigenvalue weighted by Gasteiger charge is 2.38. The summed E-state index contributed by atoms with van der Waals surface area (Å²) in [4.78, 5) is 7.50. The van der Waals surface area contributed by atoms with Gasteiger partial charge < -0.3 is 4.90 Å². The zero-order valence-corrected chi connectivity index (χ0v) is 30.5. The highest BCUT2D eigenvalue weighted by molar-refractivity contribution is 7.25. The van der Waals surface area contributed by atoms with Crippen molar-refractivity contribution in [2.45, 2.75) is 26.2 Å². The Morgan fingerprint density at radius 2 is 1.27 bits per heavy atom. The standard InChI is InChI=1S/C47H36N2S2/c1-5-12-40-36(6-2)37-24-21-33(27-41(37)47(40,3)4)49(34-22-25-39-38-15-10-11-16-43(38)50-44(39)28-34)35-23-26-42-45(29-35)51-46(48-42)32-19-17-31(18-20-32)30-13-8-7-9-14-30/h5-29H,1H2,2-4H3/b36-6-,40-12?. The Labute approximate surface area is 307 Å². The molecule has 2 nitrogen and oxygen atoms in total. The Morgan fingerprint density at radius 1 is 0.627 bits per heavy atom. The fourth-order valence-electron chi connectivity index (χ4n) is 7.69. The van der Waals surface area contributed by atoms with Crippen molar-refractivity contribution in [2.75, 3.05) is 4.90 Å². The second kappa shape index (κ2) is 12.3. The van der Waals surface area contributed by atoms with Crippen LogP contribution in [0.2, 0.25) is 0 Å². The molecule has 4 heteroatoms. The van der Waals surface area contributed by atoms with Crippen LogP contribution in [0.1, 0.15) is 31.9 Å². The maximum atomic E-state index is 5.09.